The molecule has 2 heterocycles. The van der Waals surface area contributed by atoms with Gasteiger partial charge in [0.25, 0.3) is 0 Å². The molecule has 58 heavy (non-hydrogen) atoms. The fourth-order valence-corrected chi connectivity index (χ4v) is 10.5. The van der Waals surface area contributed by atoms with E-state index in [1.165, 1.54) is 89.6 Å². The van der Waals surface area contributed by atoms with Crippen LogP contribution in [0.25, 0.3) is 22.3 Å². The second kappa shape index (κ2) is 12.4. The van der Waals surface area contributed by atoms with Gasteiger partial charge in [0.1, 0.15) is 0 Å². The van der Waals surface area contributed by atoms with E-state index in [2.05, 4.69) is 232 Å². The summed E-state index contributed by atoms with van der Waals surface area (Å²) in [4.78, 5) is 5.06. The van der Waals surface area contributed by atoms with E-state index >= 15 is 0 Å². The highest BCUT2D eigenvalue weighted by molar-refractivity contribution is 6.01. The minimum atomic E-state index is -0.605. The molecule has 8 aromatic carbocycles. The quantitative estimate of drug-likeness (QED) is 0.178. The summed E-state index contributed by atoms with van der Waals surface area (Å²) in [6.45, 7) is 11.7. The first-order valence-electron chi connectivity index (χ1n) is 20.6. The molecule has 0 N–H and O–H groups in total. The molecule has 3 aliphatic rings. The number of fused-ring (bicyclic) bond motifs is 11. The summed E-state index contributed by atoms with van der Waals surface area (Å²) in [5, 5.41) is 0. The molecule has 0 saturated heterocycles. The van der Waals surface area contributed by atoms with Crippen LogP contribution in [-0.4, -0.2) is 0 Å². The molecule has 0 bridgehead atoms. The molecule has 1 aliphatic carbocycles. The van der Waals surface area contributed by atoms with E-state index in [9.17, 15) is 0 Å². The van der Waals surface area contributed by atoms with Gasteiger partial charge in [-0.1, -0.05) is 180 Å². The minimum absolute atomic E-state index is 0.0557. The summed E-state index contributed by atoms with van der Waals surface area (Å²) in [6, 6.07) is 70.5. The van der Waals surface area contributed by atoms with Crippen molar-refractivity contribution in [3.63, 3.8) is 0 Å². The molecular weight excluding hydrogens is 701 g/mol. The Bertz CT molecular complexity index is 2860. The molecule has 0 fully saturated rings. The van der Waals surface area contributed by atoms with Crippen LogP contribution in [0.15, 0.2) is 188 Å². The molecule has 1 spiro atoms. The van der Waals surface area contributed by atoms with Crippen molar-refractivity contribution < 1.29 is 0 Å². The fraction of sp³-hybridized carbons (Fsp3) is 0.143. The molecule has 280 valence electrons. The smallest absolute Gasteiger partial charge is 0.0783 e. The maximum absolute atomic E-state index is 2.57. The van der Waals surface area contributed by atoms with Crippen molar-refractivity contribution in [2.45, 2.75) is 50.9 Å². The Morgan fingerprint density at radius 1 is 0.379 bits per heavy atom. The van der Waals surface area contributed by atoms with Gasteiger partial charge in [-0.2, -0.15) is 0 Å². The highest BCUT2D eigenvalue weighted by atomic mass is 15.2. The number of benzene rings is 8. The van der Waals surface area contributed by atoms with E-state index < -0.39 is 5.41 Å². The van der Waals surface area contributed by atoms with Gasteiger partial charge >= 0.3 is 0 Å². The third kappa shape index (κ3) is 4.72. The molecular formula is C56H46N2. The van der Waals surface area contributed by atoms with Gasteiger partial charge in [0.05, 0.1) is 33.9 Å². The normalized spacial score (nSPS) is 15.2. The second-order valence-corrected chi connectivity index (χ2v) is 17.7. The SMILES string of the molecule is CC(C)(C)c1ccc2c(c1)C1(c3ccccc3N2c2ccc(-c3ccccc3)cc2)c2ccccc2N(c2cccc3c2-c2ccccc2C3(C)C)c2ccccc21. The first-order chi connectivity index (χ1) is 28.2. The third-order valence-electron chi connectivity index (χ3n) is 13.2. The molecule has 2 aliphatic heterocycles. The molecule has 2 nitrogen and oxygen atoms in total. The zero-order valence-electron chi connectivity index (χ0n) is 33.8. The predicted octanol–water partition coefficient (Wildman–Crippen LogP) is 14.9. The summed E-state index contributed by atoms with van der Waals surface area (Å²) >= 11 is 0. The van der Waals surface area contributed by atoms with Crippen LogP contribution in [0.5, 0.6) is 0 Å². The zero-order valence-corrected chi connectivity index (χ0v) is 33.8. The van der Waals surface area contributed by atoms with Gasteiger partial charge in [-0.15, -0.1) is 0 Å². The van der Waals surface area contributed by atoms with E-state index in [-0.39, 0.29) is 10.8 Å². The van der Waals surface area contributed by atoms with E-state index in [0.29, 0.717) is 0 Å². The Kier molecular flexibility index (Phi) is 7.41. The van der Waals surface area contributed by atoms with E-state index in [4.69, 9.17) is 0 Å². The Morgan fingerprint density at radius 3 is 1.48 bits per heavy atom. The highest BCUT2D eigenvalue weighted by Gasteiger charge is 2.52. The highest BCUT2D eigenvalue weighted by Crippen LogP contribution is 2.65. The average molecular weight is 747 g/mol. The van der Waals surface area contributed by atoms with Crippen LogP contribution < -0.4 is 9.80 Å². The summed E-state index contributed by atoms with van der Waals surface area (Å²) in [5.74, 6) is 0. The van der Waals surface area contributed by atoms with Crippen molar-refractivity contribution in [1.82, 2.24) is 0 Å². The summed E-state index contributed by atoms with van der Waals surface area (Å²) in [6.07, 6.45) is 0. The predicted molar refractivity (Wildman–Crippen MR) is 243 cm³/mol. The van der Waals surface area contributed by atoms with Crippen LogP contribution in [0, 0.1) is 0 Å². The topological polar surface area (TPSA) is 6.48 Å². The molecule has 0 saturated carbocycles. The van der Waals surface area contributed by atoms with Crippen LogP contribution in [0.1, 0.15) is 73.6 Å². The standard InChI is InChI=1S/C56H46N2/c1-54(2,3)39-32-35-51-47(36-39)56(43-22-11-14-26-48(43)57(51)40-33-30-38(31-34-40)37-18-7-6-8-19-37)44-23-12-15-27-49(44)58(50-28-16-13-24-45(50)56)52-29-17-25-46-53(52)41-20-9-10-21-42(41)55(46,4)5/h6-36H,1-5H3. The number of hydrogen-bond donors (Lipinski definition) is 0. The Labute approximate surface area is 342 Å². The molecule has 0 radical (unpaired) electrons. The number of rotatable bonds is 3. The lowest BCUT2D eigenvalue weighted by atomic mass is 9.59. The number of nitrogens with zero attached hydrogens (tertiary/aromatic N) is 2. The van der Waals surface area contributed by atoms with Crippen LogP contribution >= 0.6 is 0 Å². The van der Waals surface area contributed by atoms with Crippen LogP contribution in [-0.2, 0) is 16.2 Å². The molecule has 0 unspecified atom stereocenters. The zero-order chi connectivity index (χ0) is 39.4. The second-order valence-electron chi connectivity index (χ2n) is 17.7. The third-order valence-corrected chi connectivity index (χ3v) is 13.2. The van der Waals surface area contributed by atoms with Crippen molar-refractivity contribution in [3.8, 4) is 22.3 Å². The average Bonchev–Trinajstić information content (AvgIpc) is 3.50. The number of para-hydroxylation sites is 3. The maximum Gasteiger partial charge on any atom is 0.0783 e. The number of anilines is 6. The van der Waals surface area contributed by atoms with Crippen molar-refractivity contribution in [1.29, 1.82) is 0 Å². The van der Waals surface area contributed by atoms with Gasteiger partial charge in [-0.25, -0.2) is 0 Å². The Hall–Kier alpha value is -6.64. The van der Waals surface area contributed by atoms with E-state index in [1.807, 2.05) is 0 Å². The molecule has 0 atom stereocenters. The lowest BCUT2D eigenvalue weighted by Gasteiger charge is -2.51. The van der Waals surface area contributed by atoms with Crippen molar-refractivity contribution in [2.24, 2.45) is 0 Å². The minimum Gasteiger partial charge on any atom is -0.310 e. The van der Waals surface area contributed by atoms with Crippen LogP contribution in [0.3, 0.4) is 0 Å². The Morgan fingerprint density at radius 2 is 0.862 bits per heavy atom. The maximum atomic E-state index is 2.57. The lowest BCUT2D eigenvalue weighted by Crippen LogP contribution is -2.42. The monoisotopic (exact) mass is 746 g/mol. The first kappa shape index (κ1) is 34.6. The summed E-state index contributed by atoms with van der Waals surface area (Å²) in [5.41, 5.74) is 20.7. The molecule has 0 aromatic heterocycles. The van der Waals surface area contributed by atoms with Crippen molar-refractivity contribution >= 4 is 34.1 Å². The molecule has 11 rings (SSSR count). The van der Waals surface area contributed by atoms with Crippen LogP contribution in [0.4, 0.5) is 34.1 Å². The van der Waals surface area contributed by atoms with Gasteiger partial charge in [0, 0.05) is 16.7 Å². The lowest BCUT2D eigenvalue weighted by molar-refractivity contribution is 0.586. The van der Waals surface area contributed by atoms with Gasteiger partial charge in [0.2, 0.25) is 0 Å². The largest absolute Gasteiger partial charge is 0.310 e. The Balaban J connectivity index is 1.21. The van der Waals surface area contributed by atoms with Crippen molar-refractivity contribution in [2.75, 3.05) is 9.80 Å². The first-order valence-corrected chi connectivity index (χ1v) is 20.6. The van der Waals surface area contributed by atoms with Gasteiger partial charge in [-0.3, -0.25) is 0 Å². The van der Waals surface area contributed by atoms with Crippen molar-refractivity contribution in [3.05, 3.63) is 227 Å². The van der Waals surface area contributed by atoms with Crippen LogP contribution in [0.2, 0.25) is 0 Å². The molecule has 0 amide bonds. The summed E-state index contributed by atoms with van der Waals surface area (Å²) in [7, 11) is 0. The molecule has 2 heteroatoms. The van der Waals surface area contributed by atoms with Gasteiger partial charge in [0.15, 0.2) is 0 Å². The van der Waals surface area contributed by atoms with Gasteiger partial charge in [-0.05, 0) is 104 Å². The van der Waals surface area contributed by atoms with Gasteiger partial charge < -0.3 is 9.80 Å². The fourth-order valence-electron chi connectivity index (χ4n) is 10.5. The van der Waals surface area contributed by atoms with E-state index in [1.54, 1.807) is 0 Å². The molecule has 8 aromatic rings. The van der Waals surface area contributed by atoms with E-state index in [0.717, 1.165) is 5.69 Å². The summed E-state index contributed by atoms with van der Waals surface area (Å²) < 4.78 is 0. The number of hydrogen-bond acceptors (Lipinski definition) is 2.